The molecule has 0 amide bonds. The summed E-state index contributed by atoms with van der Waals surface area (Å²) in [4.78, 5) is 36.5. The van der Waals surface area contributed by atoms with Crippen LogP contribution in [0.2, 0.25) is 0 Å². The van der Waals surface area contributed by atoms with E-state index in [1.165, 1.54) is 20.3 Å². The number of aryl methyl sites for hydroxylation is 1. The van der Waals surface area contributed by atoms with Crippen LogP contribution in [0.15, 0.2) is 12.1 Å². The Kier molecular flexibility index (Phi) is 5.10. The molecule has 2 saturated carbocycles. The van der Waals surface area contributed by atoms with Crippen molar-refractivity contribution in [1.29, 1.82) is 0 Å². The number of ether oxygens (including phenoxy) is 5. The second-order valence-electron chi connectivity index (χ2n) is 7.99. The molecule has 29 heavy (non-hydrogen) atoms. The van der Waals surface area contributed by atoms with Crippen molar-refractivity contribution in [3.63, 3.8) is 0 Å². The van der Waals surface area contributed by atoms with Gasteiger partial charge in [-0.1, -0.05) is 0 Å². The zero-order valence-electron chi connectivity index (χ0n) is 16.6. The van der Waals surface area contributed by atoms with Crippen LogP contribution < -0.4 is 9.47 Å². The molecule has 5 unspecified atom stereocenters. The molecule has 5 atom stereocenters. The lowest BCUT2D eigenvalue weighted by Gasteiger charge is -2.40. The molecule has 4 fully saturated rings. The van der Waals surface area contributed by atoms with Gasteiger partial charge in [-0.3, -0.25) is 4.79 Å². The van der Waals surface area contributed by atoms with Crippen LogP contribution in [0.5, 0.6) is 11.5 Å². The van der Waals surface area contributed by atoms with Crippen molar-refractivity contribution in [2.75, 3.05) is 14.2 Å². The standard InChI is InChI=1S/C21H24O8/c1-10-4-13(19(22)26-3)9-15(25-2)17(10)28-21(24)29-18-12-5-11-6-14(8-12)20(23)27-16(18)7-11/h4,9,11-12,14,16,18H,5-8H2,1-3H3. The summed E-state index contributed by atoms with van der Waals surface area (Å²) in [6, 6.07) is 2.99. The minimum Gasteiger partial charge on any atom is -0.493 e. The molecule has 156 valence electrons. The number of benzene rings is 1. The van der Waals surface area contributed by atoms with Crippen LogP contribution >= 0.6 is 0 Å². The Balaban J connectivity index is 1.50. The Hall–Kier alpha value is -2.77. The zero-order valence-corrected chi connectivity index (χ0v) is 16.6. The molecule has 5 rings (SSSR count). The molecule has 8 nitrogen and oxygen atoms in total. The predicted octanol–water partition coefficient (Wildman–Crippen LogP) is 3.04. The number of fused-ring (bicyclic) bond motifs is 1. The van der Waals surface area contributed by atoms with E-state index < -0.39 is 24.3 Å². The number of rotatable bonds is 4. The van der Waals surface area contributed by atoms with Gasteiger partial charge in [0.05, 0.1) is 25.7 Å². The van der Waals surface area contributed by atoms with Crippen LogP contribution in [0.4, 0.5) is 4.79 Å². The van der Waals surface area contributed by atoms with Crippen LogP contribution in [0.1, 0.15) is 41.6 Å². The van der Waals surface area contributed by atoms with E-state index in [0.717, 1.165) is 12.8 Å². The molecule has 2 heterocycles. The summed E-state index contributed by atoms with van der Waals surface area (Å²) >= 11 is 0. The predicted molar refractivity (Wildman–Crippen MR) is 98.8 cm³/mol. The third kappa shape index (κ3) is 3.63. The van der Waals surface area contributed by atoms with Crippen LogP contribution in [-0.4, -0.2) is 44.5 Å². The summed E-state index contributed by atoms with van der Waals surface area (Å²) in [5, 5.41) is 0. The normalized spacial score (nSPS) is 29.6. The quantitative estimate of drug-likeness (QED) is 0.429. The first kappa shape index (κ1) is 19.5. The fraction of sp³-hybridized carbons (Fsp3) is 0.571. The van der Waals surface area contributed by atoms with Crippen molar-refractivity contribution in [1.82, 2.24) is 0 Å². The average Bonchev–Trinajstić information content (AvgIpc) is 2.86. The number of carbonyl (C=O) groups excluding carboxylic acids is 3. The van der Waals surface area contributed by atoms with Gasteiger partial charge in [0.15, 0.2) is 11.5 Å². The largest absolute Gasteiger partial charge is 0.514 e. The smallest absolute Gasteiger partial charge is 0.493 e. The maximum absolute atomic E-state index is 12.6. The highest BCUT2D eigenvalue weighted by Gasteiger charge is 2.52. The molecular formula is C21H24O8. The lowest BCUT2D eigenvalue weighted by atomic mass is 9.67. The van der Waals surface area contributed by atoms with Crippen LogP contribution in [0.25, 0.3) is 0 Å². The van der Waals surface area contributed by atoms with Gasteiger partial charge in [0, 0.05) is 5.92 Å². The fourth-order valence-electron chi connectivity index (χ4n) is 4.91. The molecule has 1 aromatic carbocycles. The monoisotopic (exact) mass is 404 g/mol. The van der Waals surface area contributed by atoms with E-state index in [2.05, 4.69) is 0 Å². The fourth-order valence-corrected chi connectivity index (χ4v) is 4.91. The maximum Gasteiger partial charge on any atom is 0.514 e. The summed E-state index contributed by atoms with van der Waals surface area (Å²) in [6.45, 7) is 1.69. The summed E-state index contributed by atoms with van der Waals surface area (Å²) in [7, 11) is 2.70. The molecule has 4 bridgehead atoms. The van der Waals surface area contributed by atoms with Crippen LogP contribution in [-0.2, 0) is 19.0 Å². The van der Waals surface area contributed by atoms with Gasteiger partial charge in [0.2, 0.25) is 0 Å². The van der Waals surface area contributed by atoms with Gasteiger partial charge in [-0.2, -0.15) is 0 Å². The summed E-state index contributed by atoms with van der Waals surface area (Å²) in [5.74, 6) is 0.131. The van der Waals surface area contributed by atoms with E-state index in [4.69, 9.17) is 23.7 Å². The Morgan fingerprint density at radius 1 is 1.10 bits per heavy atom. The summed E-state index contributed by atoms with van der Waals surface area (Å²) in [5.41, 5.74) is 0.808. The third-order valence-corrected chi connectivity index (χ3v) is 6.14. The number of hydrogen-bond acceptors (Lipinski definition) is 8. The number of esters is 2. The molecular weight excluding hydrogens is 380 g/mol. The highest BCUT2D eigenvalue weighted by molar-refractivity contribution is 5.90. The van der Waals surface area contributed by atoms with Gasteiger partial charge >= 0.3 is 18.1 Å². The lowest BCUT2D eigenvalue weighted by Crippen LogP contribution is -2.45. The van der Waals surface area contributed by atoms with Gasteiger partial charge in [-0.15, -0.1) is 0 Å². The molecule has 0 spiro atoms. The number of carbonyl (C=O) groups is 3. The van der Waals surface area contributed by atoms with Crippen molar-refractivity contribution in [3.8, 4) is 11.5 Å². The zero-order chi connectivity index (χ0) is 20.7. The molecule has 4 aliphatic rings. The molecule has 2 aliphatic carbocycles. The first-order valence-corrected chi connectivity index (χ1v) is 9.75. The molecule has 0 radical (unpaired) electrons. The maximum atomic E-state index is 12.6. The van der Waals surface area contributed by atoms with E-state index in [-0.39, 0.29) is 34.9 Å². The Morgan fingerprint density at radius 2 is 1.90 bits per heavy atom. The van der Waals surface area contributed by atoms with Crippen LogP contribution in [0, 0.1) is 24.7 Å². The van der Waals surface area contributed by atoms with Crippen molar-refractivity contribution in [2.45, 2.75) is 44.8 Å². The Bertz CT molecular complexity index is 847. The van der Waals surface area contributed by atoms with E-state index >= 15 is 0 Å². The second kappa shape index (κ2) is 7.57. The summed E-state index contributed by atoms with van der Waals surface area (Å²) < 4.78 is 26.6. The number of hydrogen-bond donors (Lipinski definition) is 0. The minimum absolute atomic E-state index is 0.0958. The molecule has 0 N–H and O–H groups in total. The second-order valence-corrected chi connectivity index (χ2v) is 7.99. The molecule has 2 saturated heterocycles. The van der Waals surface area contributed by atoms with Gasteiger partial charge in [0.25, 0.3) is 0 Å². The van der Waals surface area contributed by atoms with Crippen molar-refractivity contribution in [3.05, 3.63) is 23.3 Å². The van der Waals surface area contributed by atoms with Crippen molar-refractivity contribution >= 4 is 18.1 Å². The molecule has 1 aromatic rings. The van der Waals surface area contributed by atoms with E-state index in [1.807, 2.05) is 0 Å². The van der Waals surface area contributed by atoms with E-state index in [1.54, 1.807) is 13.0 Å². The molecule has 2 aliphatic heterocycles. The van der Waals surface area contributed by atoms with Gasteiger partial charge in [0.1, 0.15) is 12.2 Å². The molecule has 0 aromatic heterocycles. The van der Waals surface area contributed by atoms with Crippen molar-refractivity contribution in [2.24, 2.45) is 17.8 Å². The first-order valence-electron chi connectivity index (χ1n) is 9.75. The first-order chi connectivity index (χ1) is 13.9. The van der Waals surface area contributed by atoms with E-state index in [0.29, 0.717) is 24.3 Å². The van der Waals surface area contributed by atoms with Gasteiger partial charge in [-0.25, -0.2) is 9.59 Å². The van der Waals surface area contributed by atoms with Gasteiger partial charge in [-0.05, 0) is 56.2 Å². The lowest BCUT2D eigenvalue weighted by molar-refractivity contribution is -0.156. The minimum atomic E-state index is -0.884. The Morgan fingerprint density at radius 3 is 2.62 bits per heavy atom. The topological polar surface area (TPSA) is 97.4 Å². The summed E-state index contributed by atoms with van der Waals surface area (Å²) in [6.07, 6.45) is 1.38. The third-order valence-electron chi connectivity index (χ3n) is 6.14. The highest BCUT2D eigenvalue weighted by atomic mass is 16.7. The van der Waals surface area contributed by atoms with Crippen LogP contribution in [0.3, 0.4) is 0 Å². The van der Waals surface area contributed by atoms with Crippen molar-refractivity contribution < 1.29 is 38.1 Å². The number of methoxy groups -OCH3 is 2. The SMILES string of the molecule is COC(=O)c1cc(C)c(OC(=O)OC2C3CC4CC(C3)C(=O)OC2C4)c(OC)c1. The Labute approximate surface area is 168 Å². The highest BCUT2D eigenvalue weighted by Crippen LogP contribution is 2.48. The molecule has 8 heteroatoms. The van der Waals surface area contributed by atoms with Gasteiger partial charge < -0.3 is 23.7 Å². The van der Waals surface area contributed by atoms with E-state index in [9.17, 15) is 14.4 Å². The average molecular weight is 404 g/mol.